The summed E-state index contributed by atoms with van der Waals surface area (Å²) in [4.78, 5) is 29.6. The number of hydrogen-bond donors (Lipinski definition) is 1. The van der Waals surface area contributed by atoms with Gasteiger partial charge in [0.05, 0.1) is 20.2 Å². The second-order valence-corrected chi connectivity index (χ2v) is 11.5. The van der Waals surface area contributed by atoms with Crippen LogP contribution < -0.4 is 15.0 Å². The molecule has 4 aromatic carbocycles. The van der Waals surface area contributed by atoms with E-state index in [9.17, 15) is 9.59 Å². The van der Waals surface area contributed by atoms with Crippen LogP contribution >= 0.6 is 11.3 Å². The maximum absolute atomic E-state index is 13.2. The largest absolute Gasteiger partial charge is 0.492 e. The van der Waals surface area contributed by atoms with Crippen molar-refractivity contribution in [3.63, 3.8) is 0 Å². The molecule has 0 saturated heterocycles. The lowest BCUT2D eigenvalue weighted by Crippen LogP contribution is -2.33. The Morgan fingerprint density at radius 3 is 2.36 bits per heavy atom. The molecular formula is C37H36N2O4S. The fraction of sp³-hybridized carbons (Fsp3) is 0.189. The minimum absolute atomic E-state index is 0.116. The van der Waals surface area contributed by atoms with Gasteiger partial charge in [0.15, 0.2) is 5.78 Å². The Balaban J connectivity index is 1.22. The van der Waals surface area contributed by atoms with Crippen molar-refractivity contribution in [3.8, 4) is 5.75 Å². The molecule has 0 aliphatic rings. The molecule has 5 aromatic rings. The van der Waals surface area contributed by atoms with Crippen LogP contribution in [0.5, 0.6) is 5.75 Å². The Hall–Kier alpha value is -4.88. The van der Waals surface area contributed by atoms with Crippen molar-refractivity contribution in [2.45, 2.75) is 25.9 Å². The second kappa shape index (κ2) is 15.0. The summed E-state index contributed by atoms with van der Waals surface area (Å²) in [5.41, 5.74) is 4.99. The standard InChI is InChI=1S/C37H36N2O4S/c1-27-10-8-13-30(24-27)39(26-32-14-9-23-44-32)21-22-43-31-19-17-28(18-20-31)25-35(37(41)42-2)38-34-16-7-6-15-33(34)36(40)29-11-4-3-5-12-29/h3-20,23-24,35,38H,21-22,25-26H2,1-2H3. The molecule has 0 aliphatic heterocycles. The van der Waals surface area contributed by atoms with Crippen molar-refractivity contribution >= 4 is 34.5 Å². The van der Waals surface area contributed by atoms with E-state index in [0.29, 0.717) is 29.8 Å². The van der Waals surface area contributed by atoms with Crippen LogP contribution in [0.25, 0.3) is 0 Å². The van der Waals surface area contributed by atoms with Gasteiger partial charge in [-0.25, -0.2) is 4.79 Å². The molecule has 0 fully saturated rings. The fourth-order valence-corrected chi connectivity index (χ4v) is 5.74. The molecule has 1 aromatic heterocycles. The molecule has 0 spiro atoms. The molecule has 1 heterocycles. The Morgan fingerprint density at radius 2 is 1.64 bits per heavy atom. The van der Waals surface area contributed by atoms with Gasteiger partial charge in [0.2, 0.25) is 0 Å². The number of carbonyl (C=O) groups is 2. The van der Waals surface area contributed by atoms with Gasteiger partial charge >= 0.3 is 5.97 Å². The highest BCUT2D eigenvalue weighted by Crippen LogP contribution is 2.23. The third-order valence-electron chi connectivity index (χ3n) is 7.31. The third-order valence-corrected chi connectivity index (χ3v) is 8.17. The van der Waals surface area contributed by atoms with Crippen molar-refractivity contribution in [3.05, 3.63) is 148 Å². The first-order valence-electron chi connectivity index (χ1n) is 14.6. The molecule has 0 radical (unpaired) electrons. The van der Waals surface area contributed by atoms with Crippen molar-refractivity contribution in [1.82, 2.24) is 0 Å². The number of carbonyl (C=O) groups excluding carboxylic acids is 2. The van der Waals surface area contributed by atoms with E-state index >= 15 is 0 Å². The highest BCUT2D eigenvalue weighted by molar-refractivity contribution is 7.09. The normalized spacial score (nSPS) is 11.4. The molecule has 0 amide bonds. The highest BCUT2D eigenvalue weighted by atomic mass is 32.1. The molecule has 44 heavy (non-hydrogen) atoms. The van der Waals surface area contributed by atoms with Gasteiger partial charge in [0, 0.05) is 33.8 Å². The zero-order valence-electron chi connectivity index (χ0n) is 24.9. The number of benzene rings is 4. The number of para-hydroxylation sites is 1. The van der Waals surface area contributed by atoms with Gasteiger partial charge in [-0.1, -0.05) is 72.8 Å². The van der Waals surface area contributed by atoms with Gasteiger partial charge in [-0.3, -0.25) is 4.79 Å². The zero-order valence-corrected chi connectivity index (χ0v) is 25.8. The number of rotatable bonds is 14. The lowest BCUT2D eigenvalue weighted by molar-refractivity contribution is -0.141. The number of ether oxygens (including phenoxy) is 2. The molecular weight excluding hydrogens is 568 g/mol. The minimum atomic E-state index is -0.684. The smallest absolute Gasteiger partial charge is 0.328 e. The summed E-state index contributed by atoms with van der Waals surface area (Å²) in [6, 6.07) is 36.2. The lowest BCUT2D eigenvalue weighted by Gasteiger charge is -2.25. The zero-order chi connectivity index (χ0) is 30.7. The SMILES string of the molecule is COC(=O)C(Cc1ccc(OCCN(Cc2cccs2)c2cccc(C)c2)cc1)Nc1ccccc1C(=O)c1ccccc1. The van der Waals surface area contributed by atoms with Gasteiger partial charge in [-0.15, -0.1) is 11.3 Å². The monoisotopic (exact) mass is 604 g/mol. The summed E-state index contributed by atoms with van der Waals surface area (Å²) in [5, 5.41) is 5.37. The van der Waals surface area contributed by atoms with Gasteiger partial charge in [0.25, 0.3) is 0 Å². The number of thiophene rings is 1. The van der Waals surface area contributed by atoms with Crippen LogP contribution in [-0.4, -0.2) is 38.1 Å². The van der Waals surface area contributed by atoms with Crippen LogP contribution in [0.2, 0.25) is 0 Å². The molecule has 224 valence electrons. The summed E-state index contributed by atoms with van der Waals surface area (Å²) in [6.07, 6.45) is 0.378. The predicted molar refractivity (Wildman–Crippen MR) is 178 cm³/mol. The van der Waals surface area contributed by atoms with E-state index in [1.54, 1.807) is 29.5 Å². The first-order valence-corrected chi connectivity index (χ1v) is 15.5. The van der Waals surface area contributed by atoms with Crippen LogP contribution in [-0.2, 0) is 22.5 Å². The number of nitrogens with zero attached hydrogens (tertiary/aromatic N) is 1. The molecule has 1 N–H and O–H groups in total. The summed E-state index contributed by atoms with van der Waals surface area (Å²) in [5.74, 6) is 0.236. The lowest BCUT2D eigenvalue weighted by atomic mass is 10.00. The van der Waals surface area contributed by atoms with Gasteiger partial charge in [0.1, 0.15) is 18.4 Å². The average molecular weight is 605 g/mol. The summed E-state index contributed by atoms with van der Waals surface area (Å²) < 4.78 is 11.2. The van der Waals surface area contributed by atoms with E-state index in [-0.39, 0.29) is 5.78 Å². The molecule has 0 saturated carbocycles. The average Bonchev–Trinajstić information content (AvgIpc) is 3.58. The number of ketones is 1. The van der Waals surface area contributed by atoms with Crippen LogP contribution in [0.3, 0.4) is 0 Å². The maximum atomic E-state index is 13.2. The van der Waals surface area contributed by atoms with Crippen LogP contribution in [0.15, 0.2) is 121 Å². The number of aryl methyl sites for hydroxylation is 1. The van der Waals surface area contributed by atoms with Crippen LogP contribution in [0, 0.1) is 6.92 Å². The molecule has 5 rings (SSSR count). The number of methoxy groups -OCH3 is 1. The predicted octanol–water partition coefficient (Wildman–Crippen LogP) is 7.57. The van der Waals surface area contributed by atoms with E-state index in [4.69, 9.17) is 9.47 Å². The topological polar surface area (TPSA) is 67.9 Å². The van der Waals surface area contributed by atoms with Gasteiger partial charge < -0.3 is 19.7 Å². The summed E-state index contributed by atoms with van der Waals surface area (Å²) in [6.45, 7) is 4.19. The van der Waals surface area contributed by atoms with Gasteiger partial charge in [-0.05, 0) is 65.9 Å². The van der Waals surface area contributed by atoms with E-state index in [1.165, 1.54) is 23.2 Å². The van der Waals surface area contributed by atoms with Crippen molar-refractivity contribution < 1.29 is 19.1 Å². The van der Waals surface area contributed by atoms with E-state index in [0.717, 1.165) is 24.4 Å². The minimum Gasteiger partial charge on any atom is -0.492 e. The summed E-state index contributed by atoms with van der Waals surface area (Å²) >= 11 is 1.75. The number of nitrogens with one attached hydrogen (secondary N) is 1. The van der Waals surface area contributed by atoms with Crippen LogP contribution in [0.4, 0.5) is 11.4 Å². The molecule has 7 heteroatoms. The van der Waals surface area contributed by atoms with E-state index in [2.05, 4.69) is 58.9 Å². The number of anilines is 2. The molecule has 6 nitrogen and oxygen atoms in total. The first kappa shape index (κ1) is 30.6. The van der Waals surface area contributed by atoms with Crippen molar-refractivity contribution in [2.75, 3.05) is 30.5 Å². The molecule has 0 aliphatic carbocycles. The molecule has 1 unspecified atom stereocenters. The van der Waals surface area contributed by atoms with Gasteiger partial charge in [-0.2, -0.15) is 0 Å². The van der Waals surface area contributed by atoms with Crippen molar-refractivity contribution in [1.29, 1.82) is 0 Å². The van der Waals surface area contributed by atoms with Crippen molar-refractivity contribution in [2.24, 2.45) is 0 Å². The molecule has 1 atom stereocenters. The Bertz CT molecular complexity index is 1650. The summed E-state index contributed by atoms with van der Waals surface area (Å²) in [7, 11) is 1.37. The quantitative estimate of drug-likeness (QED) is 0.104. The fourth-order valence-electron chi connectivity index (χ4n) is 5.02. The Morgan fingerprint density at radius 1 is 0.864 bits per heavy atom. The van der Waals surface area contributed by atoms with E-state index in [1.807, 2.05) is 60.7 Å². The second-order valence-electron chi connectivity index (χ2n) is 10.5. The number of esters is 1. The maximum Gasteiger partial charge on any atom is 0.328 e. The highest BCUT2D eigenvalue weighted by Gasteiger charge is 2.22. The van der Waals surface area contributed by atoms with Crippen LogP contribution in [0.1, 0.15) is 31.9 Å². The van der Waals surface area contributed by atoms with E-state index < -0.39 is 12.0 Å². The third kappa shape index (κ3) is 8.14. The first-order chi connectivity index (χ1) is 21.5. The Kier molecular flexibility index (Phi) is 10.4. The Labute approximate surface area is 262 Å². The number of hydrogen-bond acceptors (Lipinski definition) is 7. The molecule has 0 bridgehead atoms.